The van der Waals surface area contributed by atoms with E-state index in [1.165, 1.54) is 5.75 Å². The minimum atomic E-state index is 1.16. The summed E-state index contributed by atoms with van der Waals surface area (Å²) in [5.41, 5.74) is 0. The lowest BCUT2D eigenvalue weighted by Crippen LogP contribution is -1.56. The minimum Gasteiger partial charge on any atom is -0.135 e. The Morgan fingerprint density at radius 3 is 2.57 bits per heavy atom. The lowest BCUT2D eigenvalue weighted by Gasteiger charge is -1.80. The summed E-state index contributed by atoms with van der Waals surface area (Å²) in [6, 6.07) is 0. The Morgan fingerprint density at radius 2 is 2.14 bits per heavy atom. The largest absolute Gasteiger partial charge is 0.135 e. The fourth-order valence-electron chi connectivity index (χ4n) is 0.260. The van der Waals surface area contributed by atoms with Crippen molar-refractivity contribution in [1.82, 2.24) is 0 Å². The molecule has 0 fully saturated rings. The molecule has 42 valence electrons. The van der Waals surface area contributed by atoms with E-state index in [-0.39, 0.29) is 0 Å². The number of hydrogen-bond acceptors (Lipinski definition) is 1. The lowest BCUT2D eigenvalue weighted by molar-refractivity contribution is 1.23. The van der Waals surface area contributed by atoms with Gasteiger partial charge in [-0.15, -0.1) is 11.8 Å². The summed E-state index contributed by atoms with van der Waals surface area (Å²) in [6.07, 6.45) is 3.33. The number of allylic oxidation sites excluding steroid dienone is 1. The Bertz CT molecular complexity index is 48.1. The first-order valence-electron chi connectivity index (χ1n) is 2.68. The molecule has 1 heteroatoms. The molecule has 0 nitrogen and oxygen atoms in total. The van der Waals surface area contributed by atoms with Crippen molar-refractivity contribution in [3.05, 3.63) is 11.5 Å². The summed E-state index contributed by atoms with van der Waals surface area (Å²) in [5.74, 6) is 1.19. The van der Waals surface area contributed by atoms with Crippen LogP contribution < -0.4 is 0 Å². The molecule has 0 heterocycles. The molecule has 0 N–H and O–H groups in total. The highest BCUT2D eigenvalue weighted by Gasteiger charge is 1.67. The van der Waals surface area contributed by atoms with E-state index < -0.39 is 0 Å². The van der Waals surface area contributed by atoms with E-state index in [0.717, 1.165) is 6.42 Å². The van der Waals surface area contributed by atoms with Gasteiger partial charge in [0.25, 0.3) is 0 Å². The first kappa shape index (κ1) is 7.09. The molecule has 0 saturated carbocycles. The molecule has 0 atom stereocenters. The van der Waals surface area contributed by atoms with Gasteiger partial charge in [-0.1, -0.05) is 19.9 Å². The number of rotatable bonds is 3. The van der Waals surface area contributed by atoms with Gasteiger partial charge in [-0.3, -0.25) is 0 Å². The second kappa shape index (κ2) is 6.09. The van der Waals surface area contributed by atoms with Gasteiger partial charge in [0.05, 0.1) is 0 Å². The Kier molecular flexibility index (Phi) is 6.17. The van der Waals surface area contributed by atoms with Crippen LogP contribution in [-0.2, 0) is 0 Å². The number of hydrogen-bond donors (Lipinski definition) is 0. The Morgan fingerprint density at radius 1 is 1.43 bits per heavy atom. The molecule has 0 radical (unpaired) electrons. The van der Waals surface area contributed by atoms with Crippen molar-refractivity contribution >= 4 is 11.8 Å². The van der Waals surface area contributed by atoms with Crippen LogP contribution in [0.5, 0.6) is 0 Å². The molecular formula is C6H12S. The summed E-state index contributed by atoms with van der Waals surface area (Å²) in [6.45, 7) is 4.30. The van der Waals surface area contributed by atoms with Crippen LogP contribution in [0.25, 0.3) is 0 Å². The molecule has 0 aliphatic rings. The Hall–Kier alpha value is 0.0900. The molecule has 0 aliphatic carbocycles. The van der Waals surface area contributed by atoms with E-state index in [4.69, 9.17) is 0 Å². The SMILES string of the molecule is CCC=CSCC. The van der Waals surface area contributed by atoms with Crippen molar-refractivity contribution in [1.29, 1.82) is 0 Å². The van der Waals surface area contributed by atoms with Gasteiger partial charge in [0.2, 0.25) is 0 Å². The maximum absolute atomic E-state index is 2.17. The normalized spacial score (nSPS) is 10.6. The molecule has 0 aliphatic heterocycles. The van der Waals surface area contributed by atoms with Gasteiger partial charge in [-0.25, -0.2) is 0 Å². The van der Waals surface area contributed by atoms with Crippen molar-refractivity contribution in [3.8, 4) is 0 Å². The van der Waals surface area contributed by atoms with Crippen molar-refractivity contribution in [2.24, 2.45) is 0 Å². The zero-order chi connectivity index (χ0) is 5.54. The molecule has 0 saturated heterocycles. The van der Waals surface area contributed by atoms with Crippen molar-refractivity contribution in [3.63, 3.8) is 0 Å². The summed E-state index contributed by atoms with van der Waals surface area (Å²) in [7, 11) is 0. The third-order valence-corrected chi connectivity index (χ3v) is 1.31. The zero-order valence-corrected chi connectivity index (χ0v) is 5.79. The third kappa shape index (κ3) is 6.09. The van der Waals surface area contributed by atoms with Crippen LogP contribution in [0, 0.1) is 0 Å². The van der Waals surface area contributed by atoms with Gasteiger partial charge in [0, 0.05) is 0 Å². The standard InChI is InChI=1S/C6H12S/c1-3-5-6-7-4-2/h5-6H,3-4H2,1-2H3. The van der Waals surface area contributed by atoms with Gasteiger partial charge in [0.1, 0.15) is 0 Å². The zero-order valence-electron chi connectivity index (χ0n) is 4.98. The third-order valence-electron chi connectivity index (χ3n) is 0.595. The maximum Gasteiger partial charge on any atom is -0.00546 e. The van der Waals surface area contributed by atoms with Crippen LogP contribution in [-0.4, -0.2) is 5.75 Å². The molecule has 0 aromatic rings. The van der Waals surface area contributed by atoms with Crippen LogP contribution in [0.4, 0.5) is 0 Å². The van der Waals surface area contributed by atoms with Crippen LogP contribution in [0.15, 0.2) is 11.5 Å². The van der Waals surface area contributed by atoms with E-state index >= 15 is 0 Å². The van der Waals surface area contributed by atoms with E-state index in [1.54, 1.807) is 0 Å². The van der Waals surface area contributed by atoms with E-state index in [2.05, 4.69) is 25.3 Å². The van der Waals surface area contributed by atoms with E-state index in [0.29, 0.717) is 0 Å². The molecule has 0 amide bonds. The predicted molar refractivity (Wildman–Crippen MR) is 37.6 cm³/mol. The van der Waals surface area contributed by atoms with Gasteiger partial charge in [0.15, 0.2) is 0 Å². The summed E-state index contributed by atoms with van der Waals surface area (Å²) >= 11 is 1.85. The molecule has 7 heavy (non-hydrogen) atoms. The maximum atomic E-state index is 2.17. The molecule has 0 spiro atoms. The molecule has 0 aromatic carbocycles. The van der Waals surface area contributed by atoms with Crippen molar-refractivity contribution < 1.29 is 0 Å². The first-order valence-corrected chi connectivity index (χ1v) is 3.73. The highest BCUT2D eigenvalue weighted by atomic mass is 32.2. The van der Waals surface area contributed by atoms with Gasteiger partial charge < -0.3 is 0 Å². The first-order chi connectivity index (χ1) is 3.41. The fourth-order valence-corrected chi connectivity index (χ4v) is 0.781. The van der Waals surface area contributed by atoms with E-state index in [1.807, 2.05) is 11.8 Å². The summed E-state index contributed by atoms with van der Waals surface area (Å²) < 4.78 is 0. The fraction of sp³-hybridized carbons (Fsp3) is 0.667. The van der Waals surface area contributed by atoms with Crippen LogP contribution >= 0.6 is 11.8 Å². The summed E-state index contributed by atoms with van der Waals surface area (Å²) in [5, 5.41) is 2.15. The monoisotopic (exact) mass is 116 g/mol. The molecule has 0 bridgehead atoms. The minimum absolute atomic E-state index is 1.16. The van der Waals surface area contributed by atoms with Crippen molar-refractivity contribution in [2.45, 2.75) is 20.3 Å². The molecule has 0 rings (SSSR count). The molecule has 0 unspecified atom stereocenters. The predicted octanol–water partition coefficient (Wildman–Crippen LogP) is 2.66. The second-order valence-electron chi connectivity index (χ2n) is 1.24. The van der Waals surface area contributed by atoms with E-state index in [9.17, 15) is 0 Å². The topological polar surface area (TPSA) is 0 Å². The second-order valence-corrected chi connectivity index (χ2v) is 2.42. The highest BCUT2D eigenvalue weighted by molar-refractivity contribution is 8.02. The lowest BCUT2D eigenvalue weighted by atomic mass is 10.5. The average molecular weight is 116 g/mol. The number of thioether (sulfide) groups is 1. The molecular weight excluding hydrogens is 104 g/mol. The smallest absolute Gasteiger partial charge is 0.00546 e. The van der Waals surface area contributed by atoms with Crippen molar-refractivity contribution in [2.75, 3.05) is 5.75 Å². The Balaban J connectivity index is 2.78. The quantitative estimate of drug-likeness (QED) is 0.546. The molecule has 0 aromatic heterocycles. The van der Waals surface area contributed by atoms with Crippen LogP contribution in [0.1, 0.15) is 20.3 Å². The van der Waals surface area contributed by atoms with Gasteiger partial charge >= 0.3 is 0 Å². The van der Waals surface area contributed by atoms with Gasteiger partial charge in [-0.2, -0.15) is 0 Å². The van der Waals surface area contributed by atoms with Crippen LogP contribution in [0.3, 0.4) is 0 Å². The van der Waals surface area contributed by atoms with Crippen LogP contribution in [0.2, 0.25) is 0 Å². The average Bonchev–Trinajstić information content (AvgIpc) is 1.69. The highest BCUT2D eigenvalue weighted by Crippen LogP contribution is 1.99. The summed E-state index contributed by atoms with van der Waals surface area (Å²) in [4.78, 5) is 0. The van der Waals surface area contributed by atoms with Gasteiger partial charge in [-0.05, 0) is 17.6 Å². The Labute approximate surface area is 50.0 Å².